The summed E-state index contributed by atoms with van der Waals surface area (Å²) in [7, 11) is 0. The summed E-state index contributed by atoms with van der Waals surface area (Å²) >= 11 is 1.59. The second kappa shape index (κ2) is 7.68. The molecule has 2 aromatic heterocycles. The average molecular weight is 425 g/mol. The summed E-state index contributed by atoms with van der Waals surface area (Å²) in [5.74, 6) is -0.0923. The molecule has 5 rings (SSSR count). The van der Waals surface area contributed by atoms with Gasteiger partial charge in [0, 0.05) is 32.1 Å². The standard InChI is InChI=1S/C22H21FN4O2S/c23-15-5-3-14(4-6-15)16-12-17(16)21(28)26-7-9-27(10-8-26)22(29)19-13-18(24-25-19)20-2-1-11-30-20/h1-6,11,13,16-17H,7-10,12H2,(H,24,25)/t16-,17-/m1/s1. The van der Waals surface area contributed by atoms with Crippen molar-refractivity contribution in [1.29, 1.82) is 0 Å². The molecular weight excluding hydrogens is 403 g/mol. The first-order valence-electron chi connectivity index (χ1n) is 10.0. The zero-order valence-corrected chi connectivity index (χ0v) is 17.1. The van der Waals surface area contributed by atoms with Gasteiger partial charge in [-0.15, -0.1) is 11.3 Å². The molecule has 1 aliphatic carbocycles. The molecule has 2 amide bonds. The van der Waals surface area contributed by atoms with Crippen molar-refractivity contribution in [3.8, 4) is 10.6 Å². The first-order chi connectivity index (χ1) is 14.6. The number of aromatic amines is 1. The second-order valence-corrected chi connectivity index (χ2v) is 8.71. The van der Waals surface area contributed by atoms with Crippen LogP contribution in [0.2, 0.25) is 0 Å². The Morgan fingerprint density at radius 1 is 1.07 bits per heavy atom. The Hall–Kier alpha value is -3.00. The van der Waals surface area contributed by atoms with Crippen LogP contribution in [0.5, 0.6) is 0 Å². The maximum Gasteiger partial charge on any atom is 0.274 e. The highest BCUT2D eigenvalue weighted by Gasteiger charge is 2.46. The zero-order chi connectivity index (χ0) is 20.7. The second-order valence-electron chi connectivity index (χ2n) is 7.76. The molecule has 2 aliphatic rings. The number of thiophene rings is 1. The van der Waals surface area contributed by atoms with Crippen LogP contribution in [0.1, 0.15) is 28.4 Å². The lowest BCUT2D eigenvalue weighted by Crippen LogP contribution is -2.51. The van der Waals surface area contributed by atoms with E-state index in [4.69, 9.17) is 0 Å². The van der Waals surface area contributed by atoms with Gasteiger partial charge in [0.1, 0.15) is 5.82 Å². The number of halogens is 1. The van der Waals surface area contributed by atoms with Crippen LogP contribution in [0.25, 0.3) is 10.6 Å². The highest BCUT2D eigenvalue weighted by atomic mass is 32.1. The number of hydrogen-bond donors (Lipinski definition) is 1. The molecule has 1 aromatic carbocycles. The number of aromatic nitrogens is 2. The first kappa shape index (κ1) is 19.0. The van der Waals surface area contributed by atoms with Crippen LogP contribution in [-0.2, 0) is 4.79 Å². The summed E-state index contributed by atoms with van der Waals surface area (Å²) in [6, 6.07) is 12.1. The SMILES string of the molecule is O=C(c1cc(-c2cccs2)[nH]n1)N1CCN(C(=O)[C@@H]2C[C@@H]2c2ccc(F)cc2)CC1. The number of hydrogen-bond acceptors (Lipinski definition) is 4. The maximum absolute atomic E-state index is 13.1. The van der Waals surface area contributed by atoms with E-state index in [1.54, 1.807) is 34.4 Å². The van der Waals surface area contributed by atoms with Crippen LogP contribution in [-0.4, -0.2) is 58.0 Å². The molecule has 6 nitrogen and oxygen atoms in total. The van der Waals surface area contributed by atoms with Gasteiger partial charge in [-0.05, 0) is 47.5 Å². The molecule has 30 heavy (non-hydrogen) atoms. The van der Waals surface area contributed by atoms with E-state index in [2.05, 4.69) is 10.2 Å². The Morgan fingerprint density at radius 2 is 1.80 bits per heavy atom. The normalized spacial score (nSPS) is 21.0. The van der Waals surface area contributed by atoms with Crippen molar-refractivity contribution in [1.82, 2.24) is 20.0 Å². The number of carbonyl (C=O) groups excluding carboxylic acids is 2. The summed E-state index contributed by atoms with van der Waals surface area (Å²) in [6.45, 7) is 2.05. The average Bonchev–Trinajstić information content (AvgIpc) is 3.16. The van der Waals surface area contributed by atoms with Gasteiger partial charge in [0.15, 0.2) is 5.69 Å². The number of benzene rings is 1. The van der Waals surface area contributed by atoms with Gasteiger partial charge in [-0.2, -0.15) is 5.10 Å². The van der Waals surface area contributed by atoms with Crippen LogP contribution < -0.4 is 0 Å². The molecule has 1 saturated heterocycles. The highest BCUT2D eigenvalue weighted by Crippen LogP contribution is 2.48. The highest BCUT2D eigenvalue weighted by molar-refractivity contribution is 7.13. The molecule has 3 heterocycles. The van der Waals surface area contributed by atoms with Crippen molar-refractivity contribution in [3.63, 3.8) is 0 Å². The fourth-order valence-electron chi connectivity index (χ4n) is 4.06. The van der Waals surface area contributed by atoms with Crippen LogP contribution in [0.4, 0.5) is 4.39 Å². The van der Waals surface area contributed by atoms with Gasteiger partial charge in [0.2, 0.25) is 5.91 Å². The smallest absolute Gasteiger partial charge is 0.274 e. The summed E-state index contributed by atoms with van der Waals surface area (Å²) in [4.78, 5) is 30.2. The minimum Gasteiger partial charge on any atom is -0.339 e. The van der Waals surface area contributed by atoms with E-state index in [1.807, 2.05) is 22.4 Å². The van der Waals surface area contributed by atoms with Crippen molar-refractivity contribution in [2.45, 2.75) is 12.3 Å². The van der Waals surface area contributed by atoms with Gasteiger partial charge in [-0.25, -0.2) is 4.39 Å². The van der Waals surface area contributed by atoms with Crippen molar-refractivity contribution < 1.29 is 14.0 Å². The van der Waals surface area contributed by atoms with E-state index < -0.39 is 0 Å². The third-order valence-corrected chi connectivity index (χ3v) is 6.77. The van der Waals surface area contributed by atoms with Crippen molar-refractivity contribution in [2.24, 2.45) is 5.92 Å². The fourth-order valence-corrected chi connectivity index (χ4v) is 4.75. The van der Waals surface area contributed by atoms with Gasteiger partial charge in [-0.1, -0.05) is 18.2 Å². The summed E-state index contributed by atoms with van der Waals surface area (Å²) in [5, 5.41) is 9.08. The van der Waals surface area contributed by atoms with E-state index in [0.717, 1.165) is 22.6 Å². The number of rotatable bonds is 4. The number of carbonyl (C=O) groups is 2. The Morgan fingerprint density at radius 3 is 2.50 bits per heavy atom. The molecule has 0 radical (unpaired) electrons. The summed E-state index contributed by atoms with van der Waals surface area (Å²) in [5.41, 5.74) is 2.25. The van der Waals surface area contributed by atoms with E-state index in [9.17, 15) is 14.0 Å². The predicted molar refractivity (Wildman–Crippen MR) is 112 cm³/mol. The lowest BCUT2D eigenvalue weighted by Gasteiger charge is -2.34. The molecule has 2 fully saturated rings. The van der Waals surface area contributed by atoms with Gasteiger partial charge >= 0.3 is 0 Å². The van der Waals surface area contributed by atoms with Gasteiger partial charge in [0.05, 0.1) is 10.6 Å². The molecule has 1 aliphatic heterocycles. The van der Waals surface area contributed by atoms with E-state index in [0.29, 0.717) is 31.9 Å². The minimum atomic E-state index is -0.262. The van der Waals surface area contributed by atoms with Crippen molar-refractivity contribution in [2.75, 3.05) is 26.2 Å². The Balaban J connectivity index is 1.16. The first-order valence-corrected chi connectivity index (χ1v) is 10.9. The molecule has 0 bridgehead atoms. The number of piperazine rings is 1. The van der Waals surface area contributed by atoms with Gasteiger partial charge < -0.3 is 9.80 Å². The summed E-state index contributed by atoms with van der Waals surface area (Å²) < 4.78 is 13.1. The third kappa shape index (κ3) is 3.63. The lowest BCUT2D eigenvalue weighted by atomic mass is 10.1. The largest absolute Gasteiger partial charge is 0.339 e. The van der Waals surface area contributed by atoms with E-state index >= 15 is 0 Å². The quantitative estimate of drug-likeness (QED) is 0.698. The van der Waals surface area contributed by atoms with Gasteiger partial charge in [0.25, 0.3) is 5.91 Å². The lowest BCUT2D eigenvalue weighted by molar-refractivity contribution is -0.134. The van der Waals surface area contributed by atoms with Crippen molar-refractivity contribution >= 4 is 23.2 Å². The monoisotopic (exact) mass is 424 g/mol. The van der Waals surface area contributed by atoms with Crippen LogP contribution in [0.3, 0.4) is 0 Å². The fraction of sp³-hybridized carbons (Fsp3) is 0.318. The number of nitrogens with one attached hydrogen (secondary N) is 1. The predicted octanol–water partition coefficient (Wildman–Crippen LogP) is 3.37. The van der Waals surface area contributed by atoms with Gasteiger partial charge in [-0.3, -0.25) is 14.7 Å². The molecule has 0 unspecified atom stereocenters. The number of H-pyrrole nitrogens is 1. The van der Waals surface area contributed by atoms with Crippen LogP contribution >= 0.6 is 11.3 Å². The molecule has 2 atom stereocenters. The Labute approximate surface area is 177 Å². The molecule has 1 saturated carbocycles. The molecule has 154 valence electrons. The number of nitrogens with zero attached hydrogens (tertiary/aromatic N) is 3. The van der Waals surface area contributed by atoms with Crippen LogP contribution in [0, 0.1) is 11.7 Å². The van der Waals surface area contributed by atoms with Crippen molar-refractivity contribution in [3.05, 3.63) is 64.9 Å². The third-order valence-electron chi connectivity index (χ3n) is 5.87. The molecule has 1 N–H and O–H groups in total. The minimum absolute atomic E-state index is 0.0302. The molecule has 8 heteroatoms. The molecule has 0 spiro atoms. The van der Waals surface area contributed by atoms with E-state index in [1.165, 1.54) is 12.1 Å². The molecular formula is C22H21FN4O2S. The summed E-state index contributed by atoms with van der Waals surface area (Å²) in [6.07, 6.45) is 0.808. The van der Waals surface area contributed by atoms with Crippen LogP contribution in [0.15, 0.2) is 47.8 Å². The Bertz CT molecular complexity index is 1060. The maximum atomic E-state index is 13.1. The zero-order valence-electron chi connectivity index (χ0n) is 16.3. The van der Waals surface area contributed by atoms with E-state index in [-0.39, 0.29) is 29.5 Å². The Kier molecular flexibility index (Phi) is 4.86. The molecule has 3 aromatic rings. The number of amides is 2. The topological polar surface area (TPSA) is 69.3 Å².